The van der Waals surface area contributed by atoms with Crippen molar-refractivity contribution in [3.8, 4) is 0 Å². The second kappa shape index (κ2) is 6.50. The van der Waals surface area contributed by atoms with Gasteiger partial charge in [-0.2, -0.15) is 0 Å². The summed E-state index contributed by atoms with van der Waals surface area (Å²) in [5, 5.41) is 12.6. The zero-order chi connectivity index (χ0) is 11.1. The highest BCUT2D eigenvalue weighted by atomic mass is 16.5. The number of nitrogens with zero attached hydrogens (tertiary/aromatic N) is 1. The van der Waals surface area contributed by atoms with Crippen LogP contribution in [0.15, 0.2) is 24.4 Å². The minimum Gasteiger partial charge on any atom is -0.389 e. The summed E-state index contributed by atoms with van der Waals surface area (Å²) < 4.78 is 4.84. The number of hydrogen-bond acceptors (Lipinski definition) is 4. The predicted octanol–water partition coefficient (Wildman–Crippen LogP) is 0.739. The summed E-state index contributed by atoms with van der Waals surface area (Å²) in [4.78, 5) is 4.23. The van der Waals surface area contributed by atoms with Crippen LogP contribution in [0.1, 0.15) is 18.7 Å². The minimum atomic E-state index is -0.471. The number of aliphatic hydroxyl groups is 1. The molecule has 0 radical (unpaired) electrons. The van der Waals surface area contributed by atoms with E-state index in [-0.39, 0.29) is 6.04 Å². The van der Waals surface area contributed by atoms with E-state index < -0.39 is 6.10 Å². The Morgan fingerprint density at radius 2 is 2.33 bits per heavy atom. The molecule has 0 aliphatic rings. The number of aromatic nitrogens is 1. The smallest absolute Gasteiger partial charge is 0.0897 e. The molecular formula is C11H18N2O2. The van der Waals surface area contributed by atoms with Crippen LogP contribution >= 0.6 is 0 Å². The van der Waals surface area contributed by atoms with Gasteiger partial charge in [-0.25, -0.2) is 0 Å². The highest BCUT2D eigenvalue weighted by Gasteiger charge is 2.08. The van der Waals surface area contributed by atoms with Crippen LogP contribution in [0.4, 0.5) is 0 Å². The summed E-state index contributed by atoms with van der Waals surface area (Å²) in [7, 11) is 1.57. The summed E-state index contributed by atoms with van der Waals surface area (Å²) in [5.74, 6) is 0. The molecular weight excluding hydrogens is 192 g/mol. The molecule has 4 heteroatoms. The van der Waals surface area contributed by atoms with Crippen LogP contribution in [0, 0.1) is 0 Å². The molecule has 0 bridgehead atoms. The van der Waals surface area contributed by atoms with E-state index in [2.05, 4.69) is 10.3 Å². The van der Waals surface area contributed by atoms with Gasteiger partial charge in [0.2, 0.25) is 0 Å². The fourth-order valence-corrected chi connectivity index (χ4v) is 1.30. The van der Waals surface area contributed by atoms with Gasteiger partial charge in [0.15, 0.2) is 0 Å². The number of aliphatic hydroxyl groups excluding tert-OH is 1. The topological polar surface area (TPSA) is 54.4 Å². The largest absolute Gasteiger partial charge is 0.389 e. The summed E-state index contributed by atoms with van der Waals surface area (Å²) in [5.41, 5.74) is 0.974. The molecule has 1 heterocycles. The van der Waals surface area contributed by atoms with Crippen LogP contribution in [-0.4, -0.2) is 36.5 Å². The third-order valence-corrected chi connectivity index (χ3v) is 2.15. The Balaban J connectivity index is 2.33. The molecule has 2 atom stereocenters. The molecule has 1 aromatic heterocycles. The van der Waals surface area contributed by atoms with Gasteiger partial charge in [0, 0.05) is 25.9 Å². The van der Waals surface area contributed by atoms with Crippen molar-refractivity contribution in [3.05, 3.63) is 30.1 Å². The standard InChI is InChI=1S/C11H18N2O2/c1-9(11-5-3-4-6-12-11)13-7-10(14)8-15-2/h3-6,9-10,13-14H,7-8H2,1-2H3/t9-,10?/m1/s1. The molecule has 0 aliphatic heterocycles. The average molecular weight is 210 g/mol. The molecule has 1 rings (SSSR count). The summed E-state index contributed by atoms with van der Waals surface area (Å²) in [6.07, 6.45) is 1.29. The first-order valence-electron chi connectivity index (χ1n) is 5.05. The van der Waals surface area contributed by atoms with Gasteiger partial charge >= 0.3 is 0 Å². The number of ether oxygens (including phenoxy) is 1. The zero-order valence-electron chi connectivity index (χ0n) is 9.18. The Bertz CT molecular complexity index is 267. The lowest BCUT2D eigenvalue weighted by molar-refractivity contribution is 0.0630. The van der Waals surface area contributed by atoms with E-state index in [1.165, 1.54) is 0 Å². The lowest BCUT2D eigenvalue weighted by Crippen LogP contribution is -2.32. The van der Waals surface area contributed by atoms with Crippen molar-refractivity contribution in [3.63, 3.8) is 0 Å². The summed E-state index contributed by atoms with van der Waals surface area (Å²) in [6, 6.07) is 5.93. The van der Waals surface area contributed by atoms with Crippen molar-refractivity contribution in [2.24, 2.45) is 0 Å². The van der Waals surface area contributed by atoms with E-state index in [1.54, 1.807) is 13.3 Å². The number of hydrogen-bond donors (Lipinski definition) is 2. The Hall–Kier alpha value is -0.970. The summed E-state index contributed by atoms with van der Waals surface area (Å²) >= 11 is 0. The van der Waals surface area contributed by atoms with Crippen molar-refractivity contribution in [1.29, 1.82) is 0 Å². The molecule has 0 aromatic carbocycles. The Morgan fingerprint density at radius 1 is 1.53 bits per heavy atom. The first-order chi connectivity index (χ1) is 7.24. The number of pyridine rings is 1. The Labute approximate surface area is 90.3 Å². The summed E-state index contributed by atoms with van der Waals surface area (Å²) in [6.45, 7) is 2.87. The lowest BCUT2D eigenvalue weighted by Gasteiger charge is -2.16. The predicted molar refractivity (Wildman–Crippen MR) is 58.5 cm³/mol. The molecule has 2 N–H and O–H groups in total. The van der Waals surface area contributed by atoms with Crippen LogP contribution in [0.5, 0.6) is 0 Å². The van der Waals surface area contributed by atoms with Crippen LogP contribution in [0.25, 0.3) is 0 Å². The lowest BCUT2D eigenvalue weighted by atomic mass is 10.2. The molecule has 1 aromatic rings. The normalized spacial score (nSPS) is 14.9. The van der Waals surface area contributed by atoms with Crippen molar-refractivity contribution in [1.82, 2.24) is 10.3 Å². The first kappa shape index (κ1) is 12.1. The van der Waals surface area contributed by atoms with Crippen molar-refractivity contribution >= 4 is 0 Å². The van der Waals surface area contributed by atoms with Gasteiger partial charge in [-0.3, -0.25) is 4.98 Å². The van der Waals surface area contributed by atoms with Gasteiger partial charge in [-0.15, -0.1) is 0 Å². The Kier molecular flexibility index (Phi) is 5.25. The maximum absolute atomic E-state index is 9.44. The van der Waals surface area contributed by atoms with E-state index in [0.717, 1.165) is 5.69 Å². The van der Waals surface area contributed by atoms with Crippen molar-refractivity contribution < 1.29 is 9.84 Å². The average Bonchev–Trinajstić information content (AvgIpc) is 2.27. The van der Waals surface area contributed by atoms with Crippen molar-refractivity contribution in [2.45, 2.75) is 19.1 Å². The second-order valence-corrected chi connectivity index (χ2v) is 3.49. The molecule has 1 unspecified atom stereocenters. The quantitative estimate of drug-likeness (QED) is 0.727. The van der Waals surface area contributed by atoms with Gasteiger partial charge in [0.25, 0.3) is 0 Å². The van der Waals surface area contributed by atoms with E-state index >= 15 is 0 Å². The molecule has 0 saturated heterocycles. The van der Waals surface area contributed by atoms with Gasteiger partial charge in [0.1, 0.15) is 0 Å². The molecule has 15 heavy (non-hydrogen) atoms. The molecule has 0 amide bonds. The fraction of sp³-hybridized carbons (Fsp3) is 0.545. The van der Waals surface area contributed by atoms with Gasteiger partial charge in [-0.05, 0) is 19.1 Å². The highest BCUT2D eigenvalue weighted by molar-refractivity contribution is 5.07. The molecule has 4 nitrogen and oxygen atoms in total. The van der Waals surface area contributed by atoms with E-state index in [1.807, 2.05) is 25.1 Å². The minimum absolute atomic E-state index is 0.137. The van der Waals surface area contributed by atoms with Crippen LogP contribution in [0.3, 0.4) is 0 Å². The van der Waals surface area contributed by atoms with Crippen LogP contribution < -0.4 is 5.32 Å². The highest BCUT2D eigenvalue weighted by Crippen LogP contribution is 2.07. The van der Waals surface area contributed by atoms with Crippen LogP contribution in [-0.2, 0) is 4.74 Å². The van der Waals surface area contributed by atoms with Gasteiger partial charge in [-0.1, -0.05) is 6.07 Å². The third kappa shape index (κ3) is 4.38. The molecule has 84 valence electrons. The van der Waals surface area contributed by atoms with Crippen LogP contribution in [0.2, 0.25) is 0 Å². The van der Waals surface area contributed by atoms with Crippen molar-refractivity contribution in [2.75, 3.05) is 20.3 Å². The number of nitrogens with one attached hydrogen (secondary N) is 1. The fourth-order valence-electron chi connectivity index (χ4n) is 1.30. The Morgan fingerprint density at radius 3 is 2.93 bits per heavy atom. The maximum Gasteiger partial charge on any atom is 0.0897 e. The first-order valence-corrected chi connectivity index (χ1v) is 5.05. The molecule has 0 saturated carbocycles. The van der Waals surface area contributed by atoms with Gasteiger partial charge < -0.3 is 15.2 Å². The molecule has 0 spiro atoms. The van der Waals surface area contributed by atoms with Gasteiger partial charge in [0.05, 0.1) is 18.4 Å². The van der Waals surface area contributed by atoms with E-state index in [4.69, 9.17) is 4.74 Å². The van der Waals surface area contributed by atoms with E-state index in [9.17, 15) is 5.11 Å². The molecule has 0 fully saturated rings. The zero-order valence-corrected chi connectivity index (χ0v) is 9.18. The SMILES string of the molecule is COCC(O)CN[C@H](C)c1ccccn1. The van der Waals surface area contributed by atoms with E-state index in [0.29, 0.717) is 13.2 Å². The second-order valence-electron chi connectivity index (χ2n) is 3.49. The number of methoxy groups -OCH3 is 1. The molecule has 0 aliphatic carbocycles. The third-order valence-electron chi connectivity index (χ3n) is 2.15. The maximum atomic E-state index is 9.44. The number of rotatable bonds is 6. The monoisotopic (exact) mass is 210 g/mol.